The maximum absolute atomic E-state index is 11.2. The van der Waals surface area contributed by atoms with Crippen LogP contribution in [-0.2, 0) is 14.3 Å². The molecule has 64 valence electrons. The first-order valence-corrected chi connectivity index (χ1v) is 4.02. The SMILES string of the molecule is CC1(C)CCC2=C1C(=O)OC2=O. The van der Waals surface area contributed by atoms with Crippen molar-refractivity contribution in [1.82, 2.24) is 0 Å². The Morgan fingerprint density at radius 3 is 2.50 bits per heavy atom. The molecule has 3 heteroatoms. The molecule has 0 aromatic carbocycles. The molecule has 0 fully saturated rings. The molecule has 0 N–H and O–H groups in total. The monoisotopic (exact) mass is 166 g/mol. The normalized spacial score (nSPS) is 26.2. The smallest absolute Gasteiger partial charge is 0.342 e. The minimum absolute atomic E-state index is 0.168. The van der Waals surface area contributed by atoms with Gasteiger partial charge in [0.05, 0.1) is 5.57 Å². The van der Waals surface area contributed by atoms with Crippen LogP contribution in [0, 0.1) is 5.41 Å². The van der Waals surface area contributed by atoms with E-state index < -0.39 is 11.9 Å². The third kappa shape index (κ3) is 0.763. The minimum atomic E-state index is -0.433. The summed E-state index contributed by atoms with van der Waals surface area (Å²) in [5.41, 5.74) is 1.04. The second-order valence-electron chi connectivity index (χ2n) is 3.91. The van der Waals surface area contributed by atoms with Crippen molar-refractivity contribution in [3.8, 4) is 0 Å². The molecule has 1 aliphatic heterocycles. The first-order chi connectivity index (χ1) is 5.52. The lowest BCUT2D eigenvalue weighted by molar-refractivity contribution is -0.151. The number of hydrogen-bond acceptors (Lipinski definition) is 3. The fraction of sp³-hybridized carbons (Fsp3) is 0.556. The molecule has 0 radical (unpaired) electrons. The summed E-state index contributed by atoms with van der Waals surface area (Å²) in [6, 6.07) is 0. The van der Waals surface area contributed by atoms with Gasteiger partial charge in [-0.1, -0.05) is 13.8 Å². The van der Waals surface area contributed by atoms with E-state index in [1.165, 1.54) is 0 Å². The van der Waals surface area contributed by atoms with Gasteiger partial charge in [-0.25, -0.2) is 9.59 Å². The molecule has 2 rings (SSSR count). The molecule has 3 nitrogen and oxygen atoms in total. The second kappa shape index (κ2) is 1.97. The molecule has 0 unspecified atom stereocenters. The van der Waals surface area contributed by atoms with Crippen molar-refractivity contribution in [2.24, 2.45) is 5.41 Å². The van der Waals surface area contributed by atoms with E-state index in [1.54, 1.807) is 0 Å². The van der Waals surface area contributed by atoms with Gasteiger partial charge >= 0.3 is 11.9 Å². The molecule has 0 saturated carbocycles. The van der Waals surface area contributed by atoms with E-state index in [1.807, 2.05) is 13.8 Å². The number of rotatable bonds is 0. The van der Waals surface area contributed by atoms with Crippen LogP contribution in [0.25, 0.3) is 0 Å². The van der Waals surface area contributed by atoms with Crippen molar-refractivity contribution < 1.29 is 14.3 Å². The van der Waals surface area contributed by atoms with Gasteiger partial charge in [-0.3, -0.25) is 0 Å². The van der Waals surface area contributed by atoms with E-state index in [4.69, 9.17) is 0 Å². The van der Waals surface area contributed by atoms with Gasteiger partial charge in [0.25, 0.3) is 0 Å². The molecule has 0 spiro atoms. The Balaban J connectivity index is 2.52. The Kier molecular flexibility index (Phi) is 1.24. The molecule has 0 bridgehead atoms. The highest BCUT2D eigenvalue weighted by molar-refractivity contribution is 6.13. The molecule has 1 heterocycles. The van der Waals surface area contributed by atoms with E-state index in [0.717, 1.165) is 6.42 Å². The first-order valence-electron chi connectivity index (χ1n) is 4.02. The summed E-state index contributed by atoms with van der Waals surface area (Å²) in [5, 5.41) is 0. The lowest BCUT2D eigenvalue weighted by atomic mass is 9.86. The third-order valence-electron chi connectivity index (χ3n) is 2.61. The Labute approximate surface area is 70.4 Å². The average Bonchev–Trinajstić information content (AvgIpc) is 2.37. The van der Waals surface area contributed by atoms with Crippen LogP contribution >= 0.6 is 0 Å². The van der Waals surface area contributed by atoms with Crippen LogP contribution in [0.5, 0.6) is 0 Å². The van der Waals surface area contributed by atoms with E-state index >= 15 is 0 Å². The molecule has 2 aliphatic rings. The van der Waals surface area contributed by atoms with Gasteiger partial charge in [-0.15, -0.1) is 0 Å². The summed E-state index contributed by atoms with van der Waals surface area (Å²) in [6.07, 6.45) is 1.56. The van der Waals surface area contributed by atoms with E-state index in [2.05, 4.69) is 4.74 Å². The average molecular weight is 166 g/mol. The summed E-state index contributed by atoms with van der Waals surface area (Å²) >= 11 is 0. The summed E-state index contributed by atoms with van der Waals surface area (Å²) in [4.78, 5) is 22.2. The van der Waals surface area contributed by atoms with Crippen LogP contribution in [0.15, 0.2) is 11.1 Å². The zero-order chi connectivity index (χ0) is 8.93. The standard InChI is InChI=1S/C9H10O3/c1-9(2)4-3-5-6(9)8(11)12-7(5)10/h3-4H2,1-2H3. The Hall–Kier alpha value is -1.12. The Morgan fingerprint density at radius 1 is 1.25 bits per heavy atom. The van der Waals surface area contributed by atoms with Gasteiger partial charge < -0.3 is 4.74 Å². The Bertz CT molecular complexity index is 310. The number of ether oxygens (including phenoxy) is 1. The quantitative estimate of drug-likeness (QED) is 0.401. The van der Waals surface area contributed by atoms with Crippen molar-refractivity contribution in [1.29, 1.82) is 0 Å². The molecular weight excluding hydrogens is 156 g/mol. The van der Waals surface area contributed by atoms with Gasteiger partial charge in [0, 0.05) is 5.57 Å². The minimum Gasteiger partial charge on any atom is -0.386 e. The van der Waals surface area contributed by atoms with Gasteiger partial charge in [-0.2, -0.15) is 0 Å². The summed E-state index contributed by atoms with van der Waals surface area (Å²) in [7, 11) is 0. The van der Waals surface area contributed by atoms with Gasteiger partial charge in [0.15, 0.2) is 0 Å². The largest absolute Gasteiger partial charge is 0.386 e. The molecule has 1 aliphatic carbocycles. The maximum Gasteiger partial charge on any atom is 0.342 e. The fourth-order valence-corrected chi connectivity index (χ4v) is 1.90. The van der Waals surface area contributed by atoms with Crippen LogP contribution in [0.3, 0.4) is 0 Å². The number of carbonyl (C=O) groups is 2. The van der Waals surface area contributed by atoms with Crippen molar-refractivity contribution in [3.05, 3.63) is 11.1 Å². The number of cyclic esters (lactones) is 2. The number of esters is 2. The van der Waals surface area contributed by atoms with Crippen molar-refractivity contribution in [2.75, 3.05) is 0 Å². The van der Waals surface area contributed by atoms with E-state index in [0.29, 0.717) is 17.6 Å². The van der Waals surface area contributed by atoms with Crippen LogP contribution in [-0.4, -0.2) is 11.9 Å². The third-order valence-corrected chi connectivity index (χ3v) is 2.61. The molecule has 0 atom stereocenters. The summed E-state index contributed by atoms with van der Waals surface area (Å²) < 4.78 is 4.51. The zero-order valence-electron chi connectivity index (χ0n) is 7.14. The van der Waals surface area contributed by atoms with Crippen LogP contribution < -0.4 is 0 Å². The van der Waals surface area contributed by atoms with Gasteiger partial charge in [0.2, 0.25) is 0 Å². The second-order valence-corrected chi connectivity index (χ2v) is 3.91. The topological polar surface area (TPSA) is 43.4 Å². The van der Waals surface area contributed by atoms with Crippen LogP contribution in [0.4, 0.5) is 0 Å². The van der Waals surface area contributed by atoms with Crippen LogP contribution in [0.1, 0.15) is 26.7 Å². The summed E-state index contributed by atoms with van der Waals surface area (Å²) in [5.74, 6) is -0.863. The maximum atomic E-state index is 11.2. The van der Waals surface area contributed by atoms with Crippen molar-refractivity contribution in [2.45, 2.75) is 26.7 Å². The number of hydrogen-bond donors (Lipinski definition) is 0. The lowest BCUT2D eigenvalue weighted by Crippen LogP contribution is -2.17. The molecular formula is C9H10O3. The Morgan fingerprint density at radius 2 is 1.92 bits per heavy atom. The predicted molar refractivity (Wildman–Crippen MR) is 41.1 cm³/mol. The van der Waals surface area contributed by atoms with Crippen molar-refractivity contribution in [3.63, 3.8) is 0 Å². The van der Waals surface area contributed by atoms with Crippen molar-refractivity contribution >= 4 is 11.9 Å². The fourth-order valence-electron chi connectivity index (χ4n) is 1.90. The summed E-state index contributed by atoms with van der Waals surface area (Å²) in [6.45, 7) is 3.93. The molecule has 0 aromatic heterocycles. The first kappa shape index (κ1) is 7.53. The van der Waals surface area contributed by atoms with E-state index in [9.17, 15) is 9.59 Å². The highest BCUT2D eigenvalue weighted by Crippen LogP contribution is 2.45. The predicted octanol–water partition coefficient (Wildman–Crippen LogP) is 1.19. The van der Waals surface area contributed by atoms with E-state index in [-0.39, 0.29) is 5.41 Å². The molecule has 12 heavy (non-hydrogen) atoms. The number of carbonyl (C=O) groups excluding carboxylic acids is 2. The lowest BCUT2D eigenvalue weighted by Gasteiger charge is -2.18. The van der Waals surface area contributed by atoms with Crippen LogP contribution in [0.2, 0.25) is 0 Å². The molecule has 0 amide bonds. The molecule has 0 saturated heterocycles. The highest BCUT2D eigenvalue weighted by Gasteiger charge is 2.45. The molecule has 0 aromatic rings. The van der Waals surface area contributed by atoms with Gasteiger partial charge in [0.1, 0.15) is 0 Å². The highest BCUT2D eigenvalue weighted by atomic mass is 16.6. The van der Waals surface area contributed by atoms with Gasteiger partial charge in [-0.05, 0) is 18.3 Å². The zero-order valence-corrected chi connectivity index (χ0v) is 7.14.